The molecule has 0 bridgehead atoms. The van der Waals surface area contributed by atoms with Gasteiger partial charge in [0.25, 0.3) is 0 Å². The van der Waals surface area contributed by atoms with Crippen molar-refractivity contribution in [2.75, 3.05) is 0 Å². The van der Waals surface area contributed by atoms with E-state index in [2.05, 4.69) is 0 Å². The first-order valence-corrected chi connectivity index (χ1v) is 1.90. The highest BCUT2D eigenvalue weighted by atomic mass is 31.1. The predicted molar refractivity (Wildman–Crippen MR) is 11.9 cm³/mol. The monoisotopic (exact) mass is 81.0 g/mol. The standard InChI is InChI=1S/H2O3P/c1-4(2)3/h4H,(H,1,2). The average Bonchev–Trinajstić information content (AvgIpc) is 0.811. The lowest BCUT2D eigenvalue weighted by atomic mass is 15.8. The Bertz CT molecular complexity index is 26.3. The van der Waals surface area contributed by atoms with E-state index in [4.69, 9.17) is 14.4 Å². The Morgan fingerprint density at radius 3 is 1.75 bits per heavy atom. The minimum absolute atomic E-state index is 3.38. The largest absolute Gasteiger partial charge is 0.345 e. The van der Waals surface area contributed by atoms with Crippen molar-refractivity contribution in [1.82, 2.24) is 0 Å². The molecule has 0 spiro atoms. The van der Waals surface area contributed by atoms with Crippen LogP contribution < -0.4 is 0 Å². The van der Waals surface area contributed by atoms with E-state index in [-0.39, 0.29) is 0 Å². The normalized spacial score (nSPS) is 8.75. The maximum Gasteiger partial charge on any atom is 0.345 e. The minimum Gasteiger partial charge on any atom is -0.325 e. The zero-order valence-corrected chi connectivity index (χ0v) is 2.76. The number of hydrogen-bond acceptors (Lipinski definition) is 1. The van der Waals surface area contributed by atoms with Crippen molar-refractivity contribution >= 4 is 8.25 Å². The van der Waals surface area contributed by atoms with Gasteiger partial charge in [-0.2, -0.15) is 0 Å². The van der Waals surface area contributed by atoms with Gasteiger partial charge in [0.1, 0.15) is 0 Å². The third kappa shape index (κ3) is 126. The molecule has 1 atom stereocenters. The second-order valence-corrected chi connectivity index (χ2v) is 0.798. The lowest BCUT2D eigenvalue weighted by molar-refractivity contribution is 0.352. The molecule has 0 amide bonds. The summed E-state index contributed by atoms with van der Waals surface area (Å²) in [6, 6.07) is 0. The van der Waals surface area contributed by atoms with Crippen LogP contribution in [0.4, 0.5) is 0 Å². The Morgan fingerprint density at radius 1 is 1.75 bits per heavy atom. The molecule has 1 radical (unpaired) electrons. The first kappa shape index (κ1) is 4.15. The lowest BCUT2D eigenvalue weighted by Crippen LogP contribution is -1.33. The molecule has 1 unspecified atom stereocenters. The molecule has 4 heavy (non-hydrogen) atoms. The summed E-state index contributed by atoms with van der Waals surface area (Å²) in [6.07, 6.45) is 0. The first-order chi connectivity index (χ1) is 1.73. The summed E-state index contributed by atoms with van der Waals surface area (Å²) >= 11 is 0. The van der Waals surface area contributed by atoms with Crippen LogP contribution in [-0.2, 0) is 9.46 Å². The van der Waals surface area contributed by atoms with E-state index in [0.29, 0.717) is 0 Å². The van der Waals surface area contributed by atoms with E-state index >= 15 is 0 Å². The molecule has 0 aliphatic rings. The third-order valence-electron chi connectivity index (χ3n) is 0. The molecule has 3 nitrogen and oxygen atoms in total. The van der Waals surface area contributed by atoms with Crippen LogP contribution in [0.15, 0.2) is 0 Å². The lowest BCUT2D eigenvalue weighted by Gasteiger charge is -1.56. The van der Waals surface area contributed by atoms with E-state index in [1.165, 1.54) is 0 Å². The van der Waals surface area contributed by atoms with Crippen LogP contribution >= 0.6 is 8.25 Å². The van der Waals surface area contributed by atoms with E-state index in [9.17, 15) is 0 Å². The molecule has 1 N–H and O–H groups in total. The second-order valence-electron chi connectivity index (χ2n) is 0.266. The van der Waals surface area contributed by atoms with Crippen molar-refractivity contribution in [3.8, 4) is 0 Å². The topological polar surface area (TPSA) is 57.2 Å². The van der Waals surface area contributed by atoms with Gasteiger partial charge in [0, 0.05) is 0 Å². The van der Waals surface area contributed by atoms with Crippen LogP contribution in [0.3, 0.4) is 0 Å². The van der Waals surface area contributed by atoms with Crippen molar-refractivity contribution in [1.29, 1.82) is 0 Å². The fourth-order valence-corrected chi connectivity index (χ4v) is 0. The second kappa shape index (κ2) is 1.47. The maximum absolute atomic E-state index is 8.63. The quantitative estimate of drug-likeness (QED) is 0.410. The molecule has 0 rings (SSSR count). The maximum atomic E-state index is 8.63. The van der Waals surface area contributed by atoms with Gasteiger partial charge in [-0.25, -0.2) is 0 Å². The summed E-state index contributed by atoms with van der Waals surface area (Å²) in [4.78, 5) is 15.7. The number of rotatable bonds is 0. The molecule has 4 heteroatoms. The Labute approximate surface area is 23.8 Å². The molecule has 0 saturated heterocycles. The minimum atomic E-state index is -3.38. The Balaban J connectivity index is 2.80. The molecule has 25 valence electrons. The van der Waals surface area contributed by atoms with Crippen LogP contribution in [-0.4, -0.2) is 4.89 Å². The van der Waals surface area contributed by atoms with Crippen molar-refractivity contribution in [3.63, 3.8) is 0 Å². The molecular weight excluding hydrogens is 79.0 g/mol. The van der Waals surface area contributed by atoms with Crippen molar-refractivity contribution in [3.05, 3.63) is 0 Å². The van der Waals surface area contributed by atoms with Gasteiger partial charge >= 0.3 is 8.25 Å². The highest BCUT2D eigenvalue weighted by Gasteiger charge is 1.66. The highest BCUT2D eigenvalue weighted by molar-refractivity contribution is 7.30. The van der Waals surface area contributed by atoms with Crippen LogP contribution in [0.1, 0.15) is 0 Å². The van der Waals surface area contributed by atoms with Crippen LogP contribution in [0.5, 0.6) is 0 Å². The van der Waals surface area contributed by atoms with E-state index in [1.807, 2.05) is 0 Å². The van der Waals surface area contributed by atoms with Crippen molar-refractivity contribution in [2.24, 2.45) is 0 Å². The highest BCUT2D eigenvalue weighted by Crippen LogP contribution is 2.00. The van der Waals surface area contributed by atoms with Crippen LogP contribution in [0, 0.1) is 0 Å². The van der Waals surface area contributed by atoms with E-state index < -0.39 is 8.25 Å². The smallest absolute Gasteiger partial charge is 0.325 e. The zero-order chi connectivity index (χ0) is 3.58. The van der Waals surface area contributed by atoms with Crippen LogP contribution in [0.2, 0.25) is 0 Å². The predicted octanol–water partition coefficient (Wildman–Crippen LogP) is -0.201. The molecule has 0 aromatic heterocycles. The molecule has 0 fully saturated rings. The molecule has 0 saturated carbocycles. The van der Waals surface area contributed by atoms with Gasteiger partial charge in [-0.05, 0) is 0 Å². The Hall–Kier alpha value is 0.150. The van der Waals surface area contributed by atoms with E-state index in [0.717, 1.165) is 0 Å². The van der Waals surface area contributed by atoms with Gasteiger partial charge < -0.3 is 4.89 Å². The van der Waals surface area contributed by atoms with Gasteiger partial charge in [0.15, 0.2) is 0 Å². The van der Waals surface area contributed by atoms with Gasteiger partial charge in [-0.15, -0.1) is 4.89 Å². The molecular formula is H2O3P. The molecule has 0 aliphatic carbocycles. The van der Waals surface area contributed by atoms with Crippen molar-refractivity contribution in [2.45, 2.75) is 0 Å². The summed E-state index contributed by atoms with van der Waals surface area (Å²) in [5.41, 5.74) is 0. The summed E-state index contributed by atoms with van der Waals surface area (Å²) in [5.74, 6) is 0. The third-order valence-corrected chi connectivity index (χ3v) is 0. The SMILES string of the molecule is [O][PH](=O)O. The summed E-state index contributed by atoms with van der Waals surface area (Å²) in [7, 11) is -3.38. The number of hydrogen-bond donors (Lipinski definition) is 1. The summed E-state index contributed by atoms with van der Waals surface area (Å²) in [6.45, 7) is 0. The van der Waals surface area contributed by atoms with Gasteiger partial charge in [0.05, 0.1) is 0 Å². The molecule has 0 aromatic carbocycles. The Kier molecular flexibility index (Phi) is 1.52. The van der Waals surface area contributed by atoms with Gasteiger partial charge in [0.2, 0.25) is 0 Å². The molecule has 0 heterocycles. The average molecular weight is 81.0 g/mol. The summed E-state index contributed by atoms with van der Waals surface area (Å²) in [5, 5.41) is 0. The first-order valence-electron chi connectivity index (χ1n) is 0.632. The fraction of sp³-hybridized carbons (Fsp3) is 0. The Morgan fingerprint density at radius 2 is 1.75 bits per heavy atom. The fourth-order valence-electron chi connectivity index (χ4n) is 0. The van der Waals surface area contributed by atoms with Crippen molar-refractivity contribution < 1.29 is 14.4 Å². The van der Waals surface area contributed by atoms with Crippen LogP contribution in [0.25, 0.3) is 0 Å². The van der Waals surface area contributed by atoms with Gasteiger partial charge in [-0.1, -0.05) is 0 Å². The molecule has 0 aliphatic heterocycles. The molecule has 0 aromatic rings. The summed E-state index contributed by atoms with van der Waals surface area (Å²) < 4.78 is 8.63. The zero-order valence-electron chi connectivity index (χ0n) is 1.76. The van der Waals surface area contributed by atoms with E-state index in [1.54, 1.807) is 0 Å². The van der Waals surface area contributed by atoms with Gasteiger partial charge in [-0.3, -0.25) is 4.57 Å².